The lowest BCUT2D eigenvalue weighted by Crippen LogP contribution is -2.34. The van der Waals surface area contributed by atoms with Gasteiger partial charge >= 0.3 is 0 Å². The van der Waals surface area contributed by atoms with Crippen LogP contribution in [0.5, 0.6) is 0 Å². The molecule has 0 amide bonds. The van der Waals surface area contributed by atoms with Crippen molar-refractivity contribution in [2.24, 2.45) is 17.5 Å². The van der Waals surface area contributed by atoms with Crippen LogP contribution in [0.2, 0.25) is 5.02 Å². The lowest BCUT2D eigenvalue weighted by Gasteiger charge is -2.18. The highest BCUT2D eigenvalue weighted by molar-refractivity contribution is 6.31. The summed E-state index contributed by atoms with van der Waals surface area (Å²) in [6.07, 6.45) is 6.67. The maximum Gasteiger partial charge on any atom is 0.0953 e. The van der Waals surface area contributed by atoms with E-state index >= 15 is 0 Å². The molecule has 3 rings (SSSR count). The van der Waals surface area contributed by atoms with Crippen LogP contribution in [0.3, 0.4) is 0 Å². The van der Waals surface area contributed by atoms with E-state index in [0.717, 1.165) is 28.5 Å². The Bertz CT molecular complexity index is 709. The monoisotopic (exact) mass is 346 g/mol. The number of halogens is 1. The van der Waals surface area contributed by atoms with Gasteiger partial charge in [0.15, 0.2) is 0 Å². The molecule has 1 aliphatic carbocycles. The molecule has 0 saturated heterocycles. The van der Waals surface area contributed by atoms with E-state index in [-0.39, 0.29) is 6.17 Å². The van der Waals surface area contributed by atoms with Crippen LogP contribution in [-0.2, 0) is 6.42 Å². The van der Waals surface area contributed by atoms with Crippen LogP contribution >= 0.6 is 11.6 Å². The molecule has 1 heterocycles. The van der Waals surface area contributed by atoms with Crippen molar-refractivity contribution in [2.75, 3.05) is 0 Å². The SMILES string of the molecule is Cc1cc(CC2CCC(n3ccc(C(N)NN)c3C)C2)ccc1Cl. The van der Waals surface area contributed by atoms with Crippen LogP contribution in [-0.4, -0.2) is 4.57 Å². The normalized spacial score (nSPS) is 22.0. The van der Waals surface area contributed by atoms with E-state index in [4.69, 9.17) is 23.2 Å². The van der Waals surface area contributed by atoms with Crippen molar-refractivity contribution in [1.29, 1.82) is 0 Å². The van der Waals surface area contributed by atoms with Gasteiger partial charge in [0.25, 0.3) is 0 Å². The minimum absolute atomic E-state index is 0.305. The lowest BCUT2D eigenvalue weighted by molar-refractivity contribution is 0.466. The molecule has 0 spiro atoms. The lowest BCUT2D eigenvalue weighted by atomic mass is 9.97. The molecular formula is C19H27ClN4. The Kier molecular flexibility index (Phi) is 5.30. The Hall–Kier alpha value is -1.33. The third kappa shape index (κ3) is 3.52. The van der Waals surface area contributed by atoms with Crippen molar-refractivity contribution in [3.63, 3.8) is 0 Å². The second-order valence-corrected chi connectivity index (χ2v) is 7.44. The molecule has 3 unspecified atom stereocenters. The molecule has 1 saturated carbocycles. The van der Waals surface area contributed by atoms with Crippen molar-refractivity contribution in [3.8, 4) is 0 Å². The second kappa shape index (κ2) is 7.28. The Labute approximate surface area is 149 Å². The molecule has 4 nitrogen and oxygen atoms in total. The fraction of sp³-hybridized carbons (Fsp3) is 0.474. The van der Waals surface area contributed by atoms with Gasteiger partial charge in [-0.25, -0.2) is 5.43 Å². The Morgan fingerprint density at radius 3 is 2.79 bits per heavy atom. The maximum atomic E-state index is 6.13. The first-order chi connectivity index (χ1) is 11.5. The van der Waals surface area contributed by atoms with Crippen LogP contribution in [0, 0.1) is 19.8 Å². The van der Waals surface area contributed by atoms with Crippen molar-refractivity contribution in [3.05, 3.63) is 57.9 Å². The minimum Gasteiger partial charge on any atom is -0.348 e. The van der Waals surface area contributed by atoms with Crippen LogP contribution in [0.1, 0.15) is 53.9 Å². The molecule has 1 aromatic heterocycles. The fourth-order valence-electron chi connectivity index (χ4n) is 4.01. The summed E-state index contributed by atoms with van der Waals surface area (Å²) in [5.74, 6) is 6.20. The smallest absolute Gasteiger partial charge is 0.0953 e. The average Bonchev–Trinajstić information content (AvgIpc) is 3.17. The first-order valence-corrected chi connectivity index (χ1v) is 9.01. The molecule has 1 aromatic carbocycles. The van der Waals surface area contributed by atoms with Crippen molar-refractivity contribution in [2.45, 2.75) is 51.7 Å². The quantitative estimate of drug-likeness (QED) is 0.438. The molecule has 5 heteroatoms. The summed E-state index contributed by atoms with van der Waals surface area (Å²) in [5, 5.41) is 0.850. The number of aromatic nitrogens is 1. The van der Waals surface area contributed by atoms with Crippen LogP contribution < -0.4 is 17.0 Å². The van der Waals surface area contributed by atoms with Crippen molar-refractivity contribution in [1.82, 2.24) is 9.99 Å². The molecule has 2 aromatic rings. The highest BCUT2D eigenvalue weighted by Crippen LogP contribution is 2.38. The topological polar surface area (TPSA) is 69.0 Å². The predicted molar refractivity (Wildman–Crippen MR) is 99.7 cm³/mol. The van der Waals surface area contributed by atoms with E-state index < -0.39 is 0 Å². The van der Waals surface area contributed by atoms with Gasteiger partial charge in [-0.15, -0.1) is 0 Å². The zero-order valence-electron chi connectivity index (χ0n) is 14.4. The van der Waals surface area contributed by atoms with Crippen molar-refractivity contribution >= 4 is 11.6 Å². The molecule has 3 atom stereocenters. The molecule has 5 N–H and O–H groups in total. The van der Waals surface area contributed by atoms with Gasteiger partial charge in [-0.05, 0) is 68.7 Å². The van der Waals surface area contributed by atoms with E-state index in [1.807, 2.05) is 6.07 Å². The van der Waals surface area contributed by atoms with Crippen LogP contribution in [0.4, 0.5) is 0 Å². The van der Waals surface area contributed by atoms with Crippen molar-refractivity contribution < 1.29 is 0 Å². The third-order valence-corrected chi connectivity index (χ3v) is 5.81. The first kappa shape index (κ1) is 17.5. The second-order valence-electron chi connectivity index (χ2n) is 7.03. The molecule has 24 heavy (non-hydrogen) atoms. The third-order valence-electron chi connectivity index (χ3n) is 5.39. The highest BCUT2D eigenvalue weighted by Gasteiger charge is 2.27. The molecule has 130 valence electrons. The number of benzene rings is 1. The Balaban J connectivity index is 1.67. The van der Waals surface area contributed by atoms with E-state index in [1.165, 1.54) is 30.5 Å². The van der Waals surface area contributed by atoms with Gasteiger partial charge in [0.2, 0.25) is 0 Å². The Morgan fingerprint density at radius 2 is 2.08 bits per heavy atom. The molecule has 1 fully saturated rings. The van der Waals surface area contributed by atoms with E-state index in [1.54, 1.807) is 0 Å². The van der Waals surface area contributed by atoms with Gasteiger partial charge in [-0.2, -0.15) is 0 Å². The maximum absolute atomic E-state index is 6.13. The molecule has 0 bridgehead atoms. The summed E-state index contributed by atoms with van der Waals surface area (Å²) in [4.78, 5) is 0. The summed E-state index contributed by atoms with van der Waals surface area (Å²) in [6.45, 7) is 4.20. The van der Waals surface area contributed by atoms with Gasteiger partial charge in [0.05, 0.1) is 6.17 Å². The number of hydrazine groups is 1. The summed E-state index contributed by atoms with van der Waals surface area (Å²) >= 11 is 6.13. The summed E-state index contributed by atoms with van der Waals surface area (Å²) in [6, 6.07) is 9.04. The van der Waals surface area contributed by atoms with Gasteiger partial charge in [0.1, 0.15) is 0 Å². The highest BCUT2D eigenvalue weighted by atomic mass is 35.5. The number of nitrogens with one attached hydrogen (secondary N) is 1. The predicted octanol–water partition coefficient (Wildman–Crippen LogP) is 3.76. The van der Waals surface area contributed by atoms with E-state index in [0.29, 0.717) is 6.04 Å². The standard InChI is InChI=1S/C19H27ClN4/c1-12-9-14(4-6-18(12)20)10-15-3-5-16(11-15)24-8-7-17(13(24)2)19(21)23-22/h4,6-9,15-16,19,23H,3,5,10-11,21-22H2,1-2H3. The summed E-state index contributed by atoms with van der Waals surface area (Å²) in [7, 11) is 0. The summed E-state index contributed by atoms with van der Waals surface area (Å²) in [5.41, 5.74) is 13.5. The zero-order valence-corrected chi connectivity index (χ0v) is 15.2. The Morgan fingerprint density at radius 1 is 1.29 bits per heavy atom. The van der Waals surface area contributed by atoms with Gasteiger partial charge in [-0.3, -0.25) is 5.84 Å². The fourth-order valence-corrected chi connectivity index (χ4v) is 4.13. The van der Waals surface area contributed by atoms with E-state index in [9.17, 15) is 0 Å². The summed E-state index contributed by atoms with van der Waals surface area (Å²) < 4.78 is 2.37. The number of rotatable bonds is 5. The first-order valence-electron chi connectivity index (χ1n) is 8.63. The van der Waals surface area contributed by atoms with Crippen LogP contribution in [0.25, 0.3) is 0 Å². The molecular weight excluding hydrogens is 320 g/mol. The molecule has 1 aliphatic rings. The minimum atomic E-state index is -0.305. The van der Waals surface area contributed by atoms with Gasteiger partial charge in [0, 0.05) is 28.5 Å². The number of hydrogen-bond donors (Lipinski definition) is 3. The number of aryl methyl sites for hydroxylation is 1. The number of hydrogen-bond acceptors (Lipinski definition) is 3. The van der Waals surface area contributed by atoms with Gasteiger partial charge in [-0.1, -0.05) is 23.7 Å². The molecule has 0 radical (unpaired) electrons. The van der Waals surface area contributed by atoms with Crippen LogP contribution in [0.15, 0.2) is 30.5 Å². The number of nitrogens with two attached hydrogens (primary N) is 2. The molecule has 0 aliphatic heterocycles. The zero-order chi connectivity index (χ0) is 17.3. The van der Waals surface area contributed by atoms with Gasteiger partial charge < -0.3 is 10.3 Å². The largest absolute Gasteiger partial charge is 0.348 e. The number of nitrogens with zero attached hydrogens (tertiary/aromatic N) is 1. The average molecular weight is 347 g/mol. The van der Waals surface area contributed by atoms with E-state index in [2.05, 4.69) is 48.2 Å².